The second kappa shape index (κ2) is 9.11. The highest BCUT2D eigenvalue weighted by Crippen LogP contribution is 2.22. The van der Waals surface area contributed by atoms with Crippen LogP contribution < -0.4 is 15.0 Å². The molecule has 2 aromatic carbocycles. The van der Waals surface area contributed by atoms with Crippen LogP contribution in [0.4, 0.5) is 10.5 Å². The van der Waals surface area contributed by atoms with Gasteiger partial charge in [0.15, 0.2) is 0 Å². The van der Waals surface area contributed by atoms with Crippen LogP contribution in [-0.2, 0) is 0 Å². The quantitative estimate of drug-likeness (QED) is 0.747. The number of anilines is 1. The smallest absolute Gasteiger partial charge is 0.321 e. The summed E-state index contributed by atoms with van der Waals surface area (Å²) in [6.07, 6.45) is 0.769. The van der Waals surface area contributed by atoms with Crippen LogP contribution in [0.1, 0.15) is 30.0 Å². The van der Waals surface area contributed by atoms with Gasteiger partial charge in [0.05, 0.1) is 6.61 Å². The maximum atomic E-state index is 12.4. The summed E-state index contributed by atoms with van der Waals surface area (Å²) in [5.41, 5.74) is 4.35. The molecule has 0 atom stereocenters. The van der Waals surface area contributed by atoms with E-state index in [9.17, 15) is 4.79 Å². The standard InChI is InChI=1S/C21H28N2O2/c1-5-23(19-12-6-9-16(2)15-19)21(24)22-13-8-14-25-20-17(3)10-7-11-18(20)4/h6-7,9-12,15H,5,8,13-14H2,1-4H3,(H,22,24). The molecule has 0 unspecified atom stereocenters. The number of amides is 2. The number of hydrogen-bond donors (Lipinski definition) is 1. The van der Waals surface area contributed by atoms with Crippen LogP contribution in [-0.4, -0.2) is 25.7 Å². The zero-order valence-corrected chi connectivity index (χ0v) is 15.6. The van der Waals surface area contributed by atoms with Crippen molar-refractivity contribution in [1.82, 2.24) is 5.32 Å². The zero-order chi connectivity index (χ0) is 18.2. The lowest BCUT2D eigenvalue weighted by molar-refractivity contribution is 0.244. The van der Waals surface area contributed by atoms with Gasteiger partial charge in [-0.1, -0.05) is 30.3 Å². The van der Waals surface area contributed by atoms with Gasteiger partial charge in [0.1, 0.15) is 5.75 Å². The monoisotopic (exact) mass is 340 g/mol. The van der Waals surface area contributed by atoms with E-state index >= 15 is 0 Å². The molecule has 0 aliphatic heterocycles. The van der Waals surface area contributed by atoms with Gasteiger partial charge in [-0.2, -0.15) is 0 Å². The molecular weight excluding hydrogens is 312 g/mol. The van der Waals surface area contributed by atoms with Crippen LogP contribution in [0.15, 0.2) is 42.5 Å². The summed E-state index contributed by atoms with van der Waals surface area (Å²) in [7, 11) is 0. The van der Waals surface area contributed by atoms with Crippen LogP contribution in [0.3, 0.4) is 0 Å². The fourth-order valence-electron chi connectivity index (χ4n) is 2.80. The lowest BCUT2D eigenvalue weighted by Gasteiger charge is -2.22. The first kappa shape index (κ1) is 18.8. The first-order chi connectivity index (χ1) is 12.0. The molecule has 1 N–H and O–H groups in total. The number of nitrogens with one attached hydrogen (secondary N) is 1. The summed E-state index contributed by atoms with van der Waals surface area (Å²) in [4.78, 5) is 14.2. The highest BCUT2D eigenvalue weighted by Gasteiger charge is 2.13. The summed E-state index contributed by atoms with van der Waals surface area (Å²) >= 11 is 0. The van der Waals surface area contributed by atoms with Crippen molar-refractivity contribution in [2.24, 2.45) is 0 Å². The second-order valence-electron chi connectivity index (χ2n) is 6.24. The van der Waals surface area contributed by atoms with Crippen molar-refractivity contribution in [3.63, 3.8) is 0 Å². The van der Waals surface area contributed by atoms with Gasteiger partial charge in [-0.05, 0) is 62.9 Å². The number of carbonyl (C=O) groups excluding carboxylic acids is 1. The Bertz CT molecular complexity index is 693. The molecule has 0 saturated heterocycles. The van der Waals surface area contributed by atoms with Crippen LogP contribution >= 0.6 is 0 Å². The van der Waals surface area contributed by atoms with E-state index in [4.69, 9.17) is 4.74 Å². The van der Waals surface area contributed by atoms with E-state index in [2.05, 4.69) is 5.32 Å². The van der Waals surface area contributed by atoms with Crippen molar-refractivity contribution >= 4 is 11.7 Å². The van der Waals surface area contributed by atoms with E-state index in [1.54, 1.807) is 4.90 Å². The Balaban J connectivity index is 1.80. The van der Waals surface area contributed by atoms with Gasteiger partial charge in [-0.3, -0.25) is 4.90 Å². The molecule has 0 aromatic heterocycles. The minimum atomic E-state index is -0.0693. The van der Waals surface area contributed by atoms with Crippen molar-refractivity contribution < 1.29 is 9.53 Å². The molecule has 0 fully saturated rings. The van der Waals surface area contributed by atoms with Crippen LogP contribution in [0.5, 0.6) is 5.75 Å². The molecule has 0 bridgehead atoms. The van der Waals surface area contributed by atoms with E-state index < -0.39 is 0 Å². The summed E-state index contributed by atoms with van der Waals surface area (Å²) in [5, 5.41) is 2.97. The molecule has 0 radical (unpaired) electrons. The summed E-state index contributed by atoms with van der Waals surface area (Å²) in [6, 6.07) is 14.0. The highest BCUT2D eigenvalue weighted by molar-refractivity contribution is 5.91. The van der Waals surface area contributed by atoms with Gasteiger partial charge in [0.2, 0.25) is 0 Å². The van der Waals surface area contributed by atoms with Gasteiger partial charge < -0.3 is 10.1 Å². The molecule has 0 aliphatic rings. The lowest BCUT2D eigenvalue weighted by atomic mass is 10.1. The number of para-hydroxylation sites is 1. The number of nitrogens with zero attached hydrogens (tertiary/aromatic N) is 1. The van der Waals surface area contributed by atoms with Crippen LogP contribution in [0.2, 0.25) is 0 Å². The summed E-state index contributed by atoms with van der Waals surface area (Å²) < 4.78 is 5.87. The fraction of sp³-hybridized carbons (Fsp3) is 0.381. The first-order valence-electron chi connectivity index (χ1n) is 8.84. The molecule has 2 aromatic rings. The van der Waals surface area contributed by atoms with E-state index in [1.807, 2.05) is 70.2 Å². The average Bonchev–Trinajstić information content (AvgIpc) is 2.57. The number of aryl methyl sites for hydroxylation is 3. The van der Waals surface area contributed by atoms with Crippen molar-refractivity contribution in [3.8, 4) is 5.75 Å². The topological polar surface area (TPSA) is 41.6 Å². The normalized spacial score (nSPS) is 10.4. The Morgan fingerprint density at radius 2 is 1.76 bits per heavy atom. The number of benzene rings is 2. The third-order valence-electron chi connectivity index (χ3n) is 4.13. The largest absolute Gasteiger partial charge is 0.493 e. The van der Waals surface area contributed by atoms with Gasteiger partial charge in [-0.25, -0.2) is 4.79 Å². The minimum Gasteiger partial charge on any atom is -0.493 e. The Morgan fingerprint density at radius 3 is 2.40 bits per heavy atom. The third kappa shape index (κ3) is 5.24. The Labute approximate surface area is 150 Å². The zero-order valence-electron chi connectivity index (χ0n) is 15.6. The van der Waals surface area contributed by atoms with Crippen LogP contribution in [0, 0.1) is 20.8 Å². The van der Waals surface area contributed by atoms with Crippen molar-refractivity contribution in [3.05, 3.63) is 59.2 Å². The number of urea groups is 1. The van der Waals surface area contributed by atoms with E-state index in [0.717, 1.165) is 34.5 Å². The fourth-order valence-corrected chi connectivity index (χ4v) is 2.80. The molecule has 4 nitrogen and oxygen atoms in total. The lowest BCUT2D eigenvalue weighted by Crippen LogP contribution is -2.40. The highest BCUT2D eigenvalue weighted by atomic mass is 16.5. The number of rotatable bonds is 7. The molecule has 0 aliphatic carbocycles. The van der Waals surface area contributed by atoms with E-state index in [1.165, 1.54) is 0 Å². The van der Waals surface area contributed by atoms with Crippen molar-refractivity contribution in [2.75, 3.05) is 24.6 Å². The van der Waals surface area contributed by atoms with E-state index in [0.29, 0.717) is 19.7 Å². The Kier molecular flexibility index (Phi) is 6.87. The maximum absolute atomic E-state index is 12.4. The number of hydrogen-bond acceptors (Lipinski definition) is 2. The van der Waals surface area contributed by atoms with Gasteiger partial charge in [-0.15, -0.1) is 0 Å². The van der Waals surface area contributed by atoms with Gasteiger partial charge in [0.25, 0.3) is 0 Å². The molecule has 2 amide bonds. The molecule has 4 heteroatoms. The predicted molar refractivity (Wildman–Crippen MR) is 104 cm³/mol. The third-order valence-corrected chi connectivity index (χ3v) is 4.13. The molecule has 0 heterocycles. The molecule has 134 valence electrons. The average molecular weight is 340 g/mol. The molecule has 2 rings (SSSR count). The van der Waals surface area contributed by atoms with Crippen LogP contribution in [0.25, 0.3) is 0 Å². The molecular formula is C21H28N2O2. The molecule has 0 spiro atoms. The number of ether oxygens (including phenoxy) is 1. The van der Waals surface area contributed by atoms with E-state index in [-0.39, 0.29) is 6.03 Å². The van der Waals surface area contributed by atoms with Crippen molar-refractivity contribution in [2.45, 2.75) is 34.1 Å². The Hall–Kier alpha value is -2.49. The molecule has 0 saturated carbocycles. The first-order valence-corrected chi connectivity index (χ1v) is 8.84. The minimum absolute atomic E-state index is 0.0693. The number of carbonyl (C=O) groups is 1. The maximum Gasteiger partial charge on any atom is 0.321 e. The van der Waals surface area contributed by atoms with Gasteiger partial charge >= 0.3 is 6.03 Å². The SMILES string of the molecule is CCN(C(=O)NCCCOc1c(C)cccc1C)c1cccc(C)c1. The van der Waals surface area contributed by atoms with Crippen molar-refractivity contribution in [1.29, 1.82) is 0 Å². The molecule has 25 heavy (non-hydrogen) atoms. The predicted octanol–water partition coefficient (Wildman–Crippen LogP) is 4.62. The Morgan fingerprint density at radius 1 is 1.08 bits per heavy atom. The second-order valence-corrected chi connectivity index (χ2v) is 6.24. The van der Waals surface area contributed by atoms with Gasteiger partial charge in [0, 0.05) is 18.8 Å². The summed E-state index contributed by atoms with van der Waals surface area (Å²) in [6.45, 7) is 9.91. The summed E-state index contributed by atoms with van der Waals surface area (Å²) in [5.74, 6) is 0.948.